The van der Waals surface area contributed by atoms with E-state index in [1.807, 2.05) is 6.92 Å². The van der Waals surface area contributed by atoms with E-state index in [0.717, 1.165) is 6.42 Å². The summed E-state index contributed by atoms with van der Waals surface area (Å²) in [6.45, 7) is 1.69. The Hall–Kier alpha value is -2.35. The highest BCUT2D eigenvalue weighted by Gasteiger charge is 2.06. The van der Waals surface area contributed by atoms with Crippen LogP contribution in [0, 0.1) is 0 Å². The van der Waals surface area contributed by atoms with E-state index >= 15 is 0 Å². The van der Waals surface area contributed by atoms with Crippen molar-refractivity contribution in [1.29, 1.82) is 0 Å². The highest BCUT2D eigenvalue weighted by Crippen LogP contribution is 2.16. The van der Waals surface area contributed by atoms with Crippen LogP contribution in [-0.2, 0) is 9.59 Å². The Kier molecular flexibility index (Phi) is 7.69. The first-order valence-corrected chi connectivity index (χ1v) is 7.11. The number of nitrogens with one attached hydrogen (secondary N) is 3. The minimum absolute atomic E-state index is 0.0382. The molecule has 22 heavy (non-hydrogen) atoms. The fourth-order valence-electron chi connectivity index (χ4n) is 1.43. The van der Waals surface area contributed by atoms with Gasteiger partial charge in [0.15, 0.2) is 11.7 Å². The average molecular weight is 325 g/mol. The maximum atomic E-state index is 11.6. The average Bonchev–Trinajstić information content (AvgIpc) is 2.51. The number of hydrogen-bond donors (Lipinski definition) is 3. The van der Waals surface area contributed by atoms with Crippen LogP contribution in [-0.4, -0.2) is 30.6 Å². The van der Waals surface area contributed by atoms with Crippen LogP contribution in [0.3, 0.4) is 0 Å². The standard InChI is InChI=1S/C14H19N3O4S/c1-3-4-12(18)15-14(22)17-16-13(19)9-21-11-7-5-10(20-2)6-8-11/h5-8H,3-4,9H2,1-2H3,(H,16,19)(H2,15,17,18,22). The van der Waals surface area contributed by atoms with Gasteiger partial charge in [0.1, 0.15) is 11.5 Å². The quantitative estimate of drug-likeness (QED) is 0.532. The number of hydrogen-bond acceptors (Lipinski definition) is 5. The predicted molar refractivity (Wildman–Crippen MR) is 85.4 cm³/mol. The van der Waals surface area contributed by atoms with Crippen LogP contribution in [0.2, 0.25) is 0 Å². The zero-order valence-corrected chi connectivity index (χ0v) is 13.3. The van der Waals surface area contributed by atoms with Gasteiger partial charge in [0, 0.05) is 6.42 Å². The van der Waals surface area contributed by atoms with Crippen molar-refractivity contribution >= 4 is 29.1 Å². The summed E-state index contributed by atoms with van der Waals surface area (Å²) in [5.74, 6) is 0.605. The molecule has 0 saturated carbocycles. The van der Waals surface area contributed by atoms with E-state index in [4.69, 9.17) is 21.7 Å². The second-order valence-corrected chi connectivity index (χ2v) is 4.67. The number of benzene rings is 1. The van der Waals surface area contributed by atoms with Crippen LogP contribution in [0.5, 0.6) is 11.5 Å². The van der Waals surface area contributed by atoms with E-state index in [-0.39, 0.29) is 17.6 Å². The summed E-state index contributed by atoms with van der Waals surface area (Å²) >= 11 is 4.86. The molecule has 0 atom stereocenters. The van der Waals surface area contributed by atoms with E-state index in [2.05, 4.69) is 16.2 Å². The van der Waals surface area contributed by atoms with Gasteiger partial charge >= 0.3 is 0 Å². The van der Waals surface area contributed by atoms with E-state index in [9.17, 15) is 9.59 Å². The van der Waals surface area contributed by atoms with Crippen molar-refractivity contribution in [3.05, 3.63) is 24.3 Å². The molecule has 8 heteroatoms. The smallest absolute Gasteiger partial charge is 0.276 e. The van der Waals surface area contributed by atoms with Crippen molar-refractivity contribution in [1.82, 2.24) is 16.2 Å². The lowest BCUT2D eigenvalue weighted by Crippen LogP contribution is -2.49. The number of ether oxygens (including phenoxy) is 2. The first-order chi connectivity index (χ1) is 10.5. The fourth-order valence-corrected chi connectivity index (χ4v) is 1.60. The van der Waals surface area contributed by atoms with Gasteiger partial charge in [-0.3, -0.25) is 20.4 Å². The lowest BCUT2D eigenvalue weighted by molar-refractivity contribution is -0.124. The highest BCUT2D eigenvalue weighted by atomic mass is 32.1. The van der Waals surface area contributed by atoms with Gasteiger partial charge < -0.3 is 14.8 Å². The third-order valence-electron chi connectivity index (χ3n) is 2.47. The van der Waals surface area contributed by atoms with Gasteiger partial charge in [-0.1, -0.05) is 6.92 Å². The summed E-state index contributed by atoms with van der Waals surface area (Å²) in [5, 5.41) is 2.47. The molecule has 0 unspecified atom stereocenters. The predicted octanol–water partition coefficient (Wildman–Crippen LogP) is 0.896. The van der Waals surface area contributed by atoms with Crippen molar-refractivity contribution in [3.8, 4) is 11.5 Å². The Morgan fingerprint density at radius 2 is 1.73 bits per heavy atom. The lowest BCUT2D eigenvalue weighted by Gasteiger charge is -2.11. The van der Waals surface area contributed by atoms with E-state index < -0.39 is 5.91 Å². The Labute approximate surface area is 134 Å². The minimum Gasteiger partial charge on any atom is -0.497 e. The van der Waals surface area contributed by atoms with Crippen LogP contribution >= 0.6 is 12.2 Å². The number of carbonyl (C=O) groups is 2. The fraction of sp³-hybridized carbons (Fsp3) is 0.357. The summed E-state index contributed by atoms with van der Waals surface area (Å²) in [7, 11) is 1.57. The molecule has 0 aliphatic heterocycles. The molecule has 1 aromatic rings. The van der Waals surface area contributed by atoms with E-state index in [1.54, 1.807) is 31.4 Å². The molecule has 0 heterocycles. The third kappa shape index (κ3) is 6.89. The Bertz CT molecular complexity index is 519. The summed E-state index contributed by atoms with van der Waals surface area (Å²) in [6.07, 6.45) is 1.09. The van der Waals surface area contributed by atoms with Gasteiger partial charge in [-0.2, -0.15) is 0 Å². The number of amides is 2. The number of hydrazine groups is 1. The normalized spacial score (nSPS) is 9.55. The molecule has 0 radical (unpaired) electrons. The molecule has 1 aromatic carbocycles. The molecule has 3 N–H and O–H groups in total. The molecular weight excluding hydrogens is 306 g/mol. The van der Waals surface area contributed by atoms with Crippen LogP contribution in [0.1, 0.15) is 19.8 Å². The van der Waals surface area contributed by atoms with Crippen LogP contribution in [0.4, 0.5) is 0 Å². The molecule has 0 aliphatic rings. The molecule has 0 bridgehead atoms. The van der Waals surface area contributed by atoms with Gasteiger partial charge in [0.05, 0.1) is 7.11 Å². The topological polar surface area (TPSA) is 88.7 Å². The first kappa shape index (κ1) is 17.7. The summed E-state index contributed by atoms with van der Waals surface area (Å²) in [5.41, 5.74) is 4.75. The van der Waals surface area contributed by atoms with Gasteiger partial charge in [-0.15, -0.1) is 0 Å². The maximum Gasteiger partial charge on any atom is 0.276 e. The molecule has 2 amide bonds. The largest absolute Gasteiger partial charge is 0.497 e. The van der Waals surface area contributed by atoms with Crippen molar-refractivity contribution in [2.24, 2.45) is 0 Å². The molecule has 0 spiro atoms. The van der Waals surface area contributed by atoms with Gasteiger partial charge in [0.25, 0.3) is 5.91 Å². The second kappa shape index (κ2) is 9.56. The Balaban J connectivity index is 2.25. The molecular formula is C14H19N3O4S. The number of carbonyl (C=O) groups excluding carboxylic acids is 2. The van der Waals surface area contributed by atoms with Crippen molar-refractivity contribution in [2.75, 3.05) is 13.7 Å². The zero-order valence-electron chi connectivity index (χ0n) is 12.5. The Morgan fingerprint density at radius 3 is 2.32 bits per heavy atom. The van der Waals surface area contributed by atoms with E-state index in [0.29, 0.717) is 17.9 Å². The molecule has 0 fully saturated rings. The lowest BCUT2D eigenvalue weighted by atomic mass is 10.3. The molecule has 7 nitrogen and oxygen atoms in total. The summed E-state index contributed by atoms with van der Waals surface area (Å²) in [6, 6.07) is 6.83. The maximum absolute atomic E-state index is 11.6. The molecule has 0 aliphatic carbocycles. The Morgan fingerprint density at radius 1 is 1.09 bits per heavy atom. The van der Waals surface area contributed by atoms with Crippen LogP contribution in [0.25, 0.3) is 0 Å². The molecule has 0 aromatic heterocycles. The molecule has 1 rings (SSSR count). The highest BCUT2D eigenvalue weighted by molar-refractivity contribution is 7.80. The van der Waals surface area contributed by atoms with Gasteiger partial charge in [0.2, 0.25) is 5.91 Å². The van der Waals surface area contributed by atoms with Crippen LogP contribution in [0.15, 0.2) is 24.3 Å². The van der Waals surface area contributed by atoms with Gasteiger partial charge in [-0.25, -0.2) is 0 Å². The van der Waals surface area contributed by atoms with Crippen molar-refractivity contribution in [2.45, 2.75) is 19.8 Å². The van der Waals surface area contributed by atoms with E-state index in [1.165, 1.54) is 0 Å². The summed E-state index contributed by atoms with van der Waals surface area (Å²) < 4.78 is 10.3. The number of rotatable bonds is 6. The van der Waals surface area contributed by atoms with Crippen LogP contribution < -0.4 is 25.6 Å². The molecule has 0 saturated heterocycles. The monoisotopic (exact) mass is 325 g/mol. The molecule has 120 valence electrons. The number of thiocarbonyl (C=S) groups is 1. The van der Waals surface area contributed by atoms with Crippen molar-refractivity contribution in [3.63, 3.8) is 0 Å². The summed E-state index contributed by atoms with van der Waals surface area (Å²) in [4.78, 5) is 22.8. The third-order valence-corrected chi connectivity index (χ3v) is 2.68. The minimum atomic E-state index is -0.428. The SMILES string of the molecule is CCCC(=O)NC(=S)NNC(=O)COc1ccc(OC)cc1. The first-order valence-electron chi connectivity index (χ1n) is 6.70. The number of methoxy groups -OCH3 is 1. The van der Waals surface area contributed by atoms with Gasteiger partial charge in [-0.05, 0) is 42.9 Å². The van der Waals surface area contributed by atoms with Crippen molar-refractivity contribution < 1.29 is 19.1 Å². The zero-order chi connectivity index (χ0) is 16.4. The second-order valence-electron chi connectivity index (χ2n) is 4.26.